The Bertz CT molecular complexity index is 268. The van der Waals surface area contributed by atoms with Crippen molar-refractivity contribution in [1.82, 2.24) is 4.90 Å². The third kappa shape index (κ3) is 1.36. The highest BCUT2D eigenvalue weighted by Gasteiger charge is 2.71. The van der Waals surface area contributed by atoms with E-state index in [2.05, 4.69) is 0 Å². The van der Waals surface area contributed by atoms with Crippen LogP contribution in [-0.4, -0.2) is 39.8 Å². The second-order valence-corrected chi connectivity index (χ2v) is 2.82. The number of rotatable bonds is 2. The topological polar surface area (TPSA) is 89.5 Å². The van der Waals surface area contributed by atoms with E-state index in [1.165, 1.54) is 0 Å². The maximum atomic E-state index is 11.9. The van der Waals surface area contributed by atoms with Gasteiger partial charge in [0.15, 0.2) is 13.1 Å². The summed E-state index contributed by atoms with van der Waals surface area (Å²) in [5.74, 6) is 0. The first-order valence-electron chi connectivity index (χ1n) is 3.31. The van der Waals surface area contributed by atoms with E-state index in [-0.39, 0.29) is 4.90 Å². The minimum absolute atomic E-state index is 0.279. The van der Waals surface area contributed by atoms with Crippen LogP contribution in [0.2, 0.25) is 0 Å². The Hall–Kier alpha value is -1.45. The molecule has 0 N–H and O–H groups in total. The molecule has 7 nitrogen and oxygen atoms in total. The first kappa shape index (κ1) is 10.6. The zero-order valence-electron chi connectivity index (χ0n) is 6.52. The third-order valence-electron chi connectivity index (χ3n) is 1.93. The van der Waals surface area contributed by atoms with E-state index in [0.29, 0.717) is 0 Å². The highest BCUT2D eigenvalue weighted by atomic mass is 19.4. The number of hydrogen-bond acceptors (Lipinski definition) is 5. The van der Waals surface area contributed by atoms with E-state index in [4.69, 9.17) is 0 Å². The van der Waals surface area contributed by atoms with Gasteiger partial charge in [0, 0.05) is 0 Å². The fourth-order valence-electron chi connectivity index (χ4n) is 1.04. The molecule has 0 aromatic rings. The average Bonchev–Trinajstić information content (AvgIpc) is 1.77. The predicted octanol–water partition coefficient (Wildman–Crippen LogP) is 0.0715. The molecule has 0 atom stereocenters. The molecule has 14 heavy (non-hydrogen) atoms. The first-order chi connectivity index (χ1) is 6.20. The summed E-state index contributed by atoms with van der Waals surface area (Å²) in [5, 5.41) is 20.4. The molecular formula is C4H4F3N3O4. The Labute approximate surface area is 74.4 Å². The molecule has 1 aliphatic rings. The van der Waals surface area contributed by atoms with Crippen molar-refractivity contribution < 1.29 is 23.0 Å². The summed E-state index contributed by atoms with van der Waals surface area (Å²) in [4.78, 5) is 17.5. The van der Waals surface area contributed by atoms with Gasteiger partial charge in [-0.25, -0.2) is 0 Å². The van der Waals surface area contributed by atoms with Gasteiger partial charge in [-0.05, 0) is 0 Å². The zero-order chi connectivity index (χ0) is 11.1. The smallest absolute Gasteiger partial charge is 0.258 e. The van der Waals surface area contributed by atoms with Crippen molar-refractivity contribution in [3.8, 4) is 0 Å². The van der Waals surface area contributed by atoms with Gasteiger partial charge in [-0.2, -0.15) is 18.1 Å². The summed E-state index contributed by atoms with van der Waals surface area (Å²) in [6.45, 7) is -2.48. The summed E-state index contributed by atoms with van der Waals surface area (Å²) in [6.07, 6.45) is -4.75. The van der Waals surface area contributed by atoms with Crippen LogP contribution in [0, 0.1) is 20.2 Å². The van der Waals surface area contributed by atoms with E-state index in [9.17, 15) is 33.4 Å². The molecule has 0 spiro atoms. The Morgan fingerprint density at radius 1 is 1.14 bits per heavy atom. The standard InChI is InChI=1S/C4H4F3N3O4/c5-4(6,7)8-1-3(2-8,9(11)12)10(13)14/h1-2H2. The lowest BCUT2D eigenvalue weighted by Gasteiger charge is -2.36. The Morgan fingerprint density at radius 2 is 1.50 bits per heavy atom. The molecule has 1 rings (SSSR count). The number of halogens is 3. The van der Waals surface area contributed by atoms with E-state index in [1.807, 2.05) is 0 Å². The van der Waals surface area contributed by atoms with Gasteiger partial charge in [-0.15, -0.1) is 0 Å². The maximum Gasteiger partial charge on any atom is 0.483 e. The van der Waals surface area contributed by atoms with Gasteiger partial charge in [0.2, 0.25) is 0 Å². The van der Waals surface area contributed by atoms with Crippen molar-refractivity contribution in [2.24, 2.45) is 0 Å². The maximum absolute atomic E-state index is 11.9. The van der Waals surface area contributed by atoms with Crippen LogP contribution in [0.5, 0.6) is 0 Å². The highest BCUT2D eigenvalue weighted by molar-refractivity contribution is 4.88. The van der Waals surface area contributed by atoms with Crippen molar-refractivity contribution >= 4 is 0 Å². The van der Waals surface area contributed by atoms with E-state index in [0.717, 1.165) is 0 Å². The summed E-state index contributed by atoms with van der Waals surface area (Å²) in [7, 11) is 0. The van der Waals surface area contributed by atoms with Gasteiger partial charge in [0.05, 0.1) is 0 Å². The molecule has 1 heterocycles. The Kier molecular flexibility index (Phi) is 2.10. The molecule has 0 bridgehead atoms. The van der Waals surface area contributed by atoms with E-state index >= 15 is 0 Å². The normalized spacial score (nSPS) is 21.4. The molecule has 0 saturated carbocycles. The number of nitro groups is 2. The molecule has 0 unspecified atom stereocenters. The molecule has 1 fully saturated rings. The van der Waals surface area contributed by atoms with Gasteiger partial charge >= 0.3 is 12.0 Å². The van der Waals surface area contributed by atoms with Gasteiger partial charge in [0.25, 0.3) is 0 Å². The molecule has 80 valence electrons. The zero-order valence-corrected chi connectivity index (χ0v) is 6.52. The molecular weight excluding hydrogens is 211 g/mol. The molecule has 0 aliphatic carbocycles. The minimum Gasteiger partial charge on any atom is -0.258 e. The molecule has 0 aromatic heterocycles. The van der Waals surface area contributed by atoms with Crippen molar-refractivity contribution in [2.45, 2.75) is 12.0 Å². The molecule has 0 amide bonds. The third-order valence-corrected chi connectivity index (χ3v) is 1.93. The second kappa shape index (κ2) is 2.77. The number of nitrogens with zero attached hydrogens (tertiary/aromatic N) is 3. The van der Waals surface area contributed by atoms with Gasteiger partial charge in [-0.3, -0.25) is 20.2 Å². The van der Waals surface area contributed by atoms with Crippen LogP contribution in [-0.2, 0) is 0 Å². The quantitative estimate of drug-likeness (QED) is 0.281. The van der Waals surface area contributed by atoms with Crippen LogP contribution in [0.3, 0.4) is 0 Å². The Morgan fingerprint density at radius 3 is 1.71 bits per heavy atom. The van der Waals surface area contributed by atoms with Crippen LogP contribution in [0.1, 0.15) is 0 Å². The fourth-order valence-corrected chi connectivity index (χ4v) is 1.04. The van der Waals surface area contributed by atoms with E-state index in [1.54, 1.807) is 0 Å². The lowest BCUT2D eigenvalue weighted by molar-refractivity contribution is -0.814. The molecule has 1 aliphatic heterocycles. The van der Waals surface area contributed by atoms with Crippen molar-refractivity contribution in [2.75, 3.05) is 13.1 Å². The average molecular weight is 215 g/mol. The molecule has 1 saturated heterocycles. The molecule has 0 aromatic carbocycles. The summed E-state index contributed by atoms with van der Waals surface area (Å²) >= 11 is 0. The van der Waals surface area contributed by atoms with Gasteiger partial charge in [-0.1, -0.05) is 0 Å². The largest absolute Gasteiger partial charge is 0.483 e. The second-order valence-electron chi connectivity index (χ2n) is 2.82. The van der Waals surface area contributed by atoms with Gasteiger partial charge in [0.1, 0.15) is 9.85 Å². The SMILES string of the molecule is O=[N+]([O-])C1([N+](=O)[O-])CN(C(F)(F)F)C1. The van der Waals surface area contributed by atoms with Crippen LogP contribution in [0.4, 0.5) is 13.2 Å². The lowest BCUT2D eigenvalue weighted by Crippen LogP contribution is -2.72. The number of hydrogen-bond donors (Lipinski definition) is 0. The first-order valence-corrected chi connectivity index (χ1v) is 3.31. The lowest BCUT2D eigenvalue weighted by atomic mass is 10.0. The monoisotopic (exact) mass is 215 g/mol. The predicted molar refractivity (Wildman–Crippen MR) is 34.3 cm³/mol. The molecule has 10 heteroatoms. The van der Waals surface area contributed by atoms with Crippen LogP contribution < -0.4 is 0 Å². The summed E-state index contributed by atoms with van der Waals surface area (Å²) < 4.78 is 35.6. The van der Waals surface area contributed by atoms with E-state index < -0.39 is 34.9 Å². The summed E-state index contributed by atoms with van der Waals surface area (Å²) in [5.41, 5.74) is -2.70. The fraction of sp³-hybridized carbons (Fsp3) is 1.00. The van der Waals surface area contributed by atoms with Crippen molar-refractivity contribution in [3.63, 3.8) is 0 Å². The van der Waals surface area contributed by atoms with Crippen LogP contribution in [0.25, 0.3) is 0 Å². The van der Waals surface area contributed by atoms with Crippen molar-refractivity contribution in [3.05, 3.63) is 20.2 Å². The van der Waals surface area contributed by atoms with Gasteiger partial charge < -0.3 is 0 Å². The Balaban J connectivity index is 2.76. The number of alkyl halides is 3. The van der Waals surface area contributed by atoms with Crippen LogP contribution in [0.15, 0.2) is 0 Å². The summed E-state index contributed by atoms with van der Waals surface area (Å²) in [6, 6.07) is 0. The van der Waals surface area contributed by atoms with Crippen molar-refractivity contribution in [1.29, 1.82) is 0 Å². The van der Waals surface area contributed by atoms with Crippen LogP contribution >= 0.6 is 0 Å². The number of likely N-dealkylation sites (tertiary alicyclic amines) is 1. The highest BCUT2D eigenvalue weighted by Crippen LogP contribution is 2.34. The minimum atomic E-state index is -4.75. The molecule has 0 radical (unpaired) electrons.